The van der Waals surface area contributed by atoms with Gasteiger partial charge in [-0.25, -0.2) is 0 Å². The van der Waals surface area contributed by atoms with Gasteiger partial charge >= 0.3 is 5.97 Å². The average Bonchev–Trinajstić information content (AvgIpc) is 2.53. The van der Waals surface area contributed by atoms with Crippen LogP contribution in [0.15, 0.2) is 0 Å². The zero-order valence-electron chi connectivity index (χ0n) is 12.8. The Morgan fingerprint density at radius 2 is 1.33 bits per heavy atom. The number of rotatable bonds is 1. The highest BCUT2D eigenvalue weighted by Gasteiger charge is 2.51. The van der Waals surface area contributed by atoms with E-state index in [2.05, 4.69) is 6.92 Å². The molecule has 1 saturated heterocycles. The van der Waals surface area contributed by atoms with Gasteiger partial charge in [-0.2, -0.15) is 19.6 Å². The van der Waals surface area contributed by atoms with Crippen molar-refractivity contribution in [2.45, 2.75) is 69.9 Å². The molecule has 0 radical (unpaired) electrons. The molecule has 2 aliphatic carbocycles. The molecule has 0 atom stereocenters. The van der Waals surface area contributed by atoms with Crippen LogP contribution in [0.1, 0.15) is 58.3 Å². The molecule has 120 valence electrons. The highest BCUT2D eigenvalue weighted by molar-refractivity contribution is 5.72. The molecular weight excluding hydrogens is 276 g/mol. The van der Waals surface area contributed by atoms with Gasteiger partial charge in [0.05, 0.1) is 13.0 Å². The van der Waals surface area contributed by atoms with E-state index in [0.29, 0.717) is 31.6 Å². The van der Waals surface area contributed by atoms with Crippen molar-refractivity contribution in [2.75, 3.05) is 7.11 Å². The standard InChI is InChI=1S/C15H24O6/c1-11-3-7-14(8-4-11)18-20-15(21-19-14)9-5-12(6-10-15)13(16)17-2/h11-12H,3-10H2,1-2H3. The van der Waals surface area contributed by atoms with Gasteiger partial charge < -0.3 is 4.74 Å². The van der Waals surface area contributed by atoms with E-state index in [1.165, 1.54) is 7.11 Å². The van der Waals surface area contributed by atoms with E-state index in [1.54, 1.807) is 0 Å². The Morgan fingerprint density at radius 3 is 1.76 bits per heavy atom. The Labute approximate surface area is 124 Å². The monoisotopic (exact) mass is 300 g/mol. The maximum Gasteiger partial charge on any atom is 0.308 e. The molecule has 0 aromatic rings. The molecule has 3 fully saturated rings. The topological polar surface area (TPSA) is 63.2 Å². The van der Waals surface area contributed by atoms with Gasteiger partial charge in [0, 0.05) is 25.7 Å². The van der Waals surface area contributed by atoms with E-state index in [0.717, 1.165) is 25.7 Å². The van der Waals surface area contributed by atoms with Crippen LogP contribution in [-0.2, 0) is 29.1 Å². The summed E-state index contributed by atoms with van der Waals surface area (Å²) in [5.74, 6) is -1.16. The second-order valence-electron chi connectivity index (χ2n) is 6.63. The number of carbonyl (C=O) groups is 1. The normalized spacial score (nSPS) is 43.9. The first kappa shape index (κ1) is 15.2. The Hall–Kier alpha value is -0.690. The lowest BCUT2D eigenvalue weighted by Crippen LogP contribution is -2.53. The van der Waals surface area contributed by atoms with Crippen LogP contribution in [0.4, 0.5) is 0 Å². The van der Waals surface area contributed by atoms with E-state index in [9.17, 15) is 4.79 Å². The lowest BCUT2D eigenvalue weighted by atomic mass is 9.85. The lowest BCUT2D eigenvalue weighted by molar-refractivity contribution is -0.663. The summed E-state index contributed by atoms with van der Waals surface area (Å²) < 4.78 is 4.78. The zero-order valence-corrected chi connectivity index (χ0v) is 12.8. The first-order valence-electron chi connectivity index (χ1n) is 7.88. The SMILES string of the molecule is COC(=O)C1CCC2(CC1)OOC1(CCC(C)CC1)OO2. The fourth-order valence-electron chi connectivity index (χ4n) is 3.33. The highest BCUT2D eigenvalue weighted by Crippen LogP contribution is 2.45. The van der Waals surface area contributed by atoms with E-state index >= 15 is 0 Å². The fourth-order valence-corrected chi connectivity index (χ4v) is 3.33. The molecule has 3 aliphatic rings. The van der Waals surface area contributed by atoms with E-state index in [-0.39, 0.29) is 11.9 Å². The smallest absolute Gasteiger partial charge is 0.308 e. The zero-order chi connectivity index (χ0) is 14.9. The number of hydrogen-bond acceptors (Lipinski definition) is 6. The minimum atomic E-state index is -0.862. The summed E-state index contributed by atoms with van der Waals surface area (Å²) >= 11 is 0. The summed E-state index contributed by atoms with van der Waals surface area (Å²) in [6, 6.07) is 0. The summed E-state index contributed by atoms with van der Waals surface area (Å²) in [5, 5.41) is 0. The van der Waals surface area contributed by atoms with Gasteiger partial charge in [0.2, 0.25) is 11.6 Å². The Balaban J connectivity index is 1.53. The molecule has 0 unspecified atom stereocenters. The van der Waals surface area contributed by atoms with Gasteiger partial charge in [0.1, 0.15) is 0 Å². The van der Waals surface area contributed by atoms with Gasteiger partial charge in [-0.1, -0.05) is 6.92 Å². The van der Waals surface area contributed by atoms with Crippen LogP contribution in [0.25, 0.3) is 0 Å². The lowest BCUT2D eigenvalue weighted by Gasteiger charge is -2.46. The van der Waals surface area contributed by atoms with Crippen LogP contribution in [0.2, 0.25) is 0 Å². The maximum absolute atomic E-state index is 11.5. The van der Waals surface area contributed by atoms with Gasteiger partial charge in [0.15, 0.2) is 0 Å². The minimum absolute atomic E-state index is 0.0840. The second kappa shape index (κ2) is 5.83. The molecular formula is C15H24O6. The molecule has 0 N–H and O–H groups in total. The quantitative estimate of drug-likeness (QED) is 0.548. The van der Waals surface area contributed by atoms with Crippen molar-refractivity contribution in [2.24, 2.45) is 11.8 Å². The number of ether oxygens (including phenoxy) is 1. The van der Waals surface area contributed by atoms with Crippen LogP contribution in [0, 0.1) is 11.8 Å². The van der Waals surface area contributed by atoms with Crippen molar-refractivity contribution in [3.63, 3.8) is 0 Å². The van der Waals surface area contributed by atoms with Crippen LogP contribution in [-0.4, -0.2) is 24.7 Å². The number of methoxy groups -OCH3 is 1. The largest absolute Gasteiger partial charge is 0.469 e. The van der Waals surface area contributed by atoms with E-state index < -0.39 is 11.6 Å². The third-order valence-corrected chi connectivity index (χ3v) is 5.01. The van der Waals surface area contributed by atoms with Crippen LogP contribution in [0.3, 0.4) is 0 Å². The molecule has 0 bridgehead atoms. The molecule has 0 amide bonds. The Kier molecular flexibility index (Phi) is 4.23. The summed E-state index contributed by atoms with van der Waals surface area (Å²) in [6.07, 6.45) is 6.11. The molecule has 1 heterocycles. The van der Waals surface area contributed by atoms with Crippen molar-refractivity contribution in [3.8, 4) is 0 Å². The first-order valence-corrected chi connectivity index (χ1v) is 7.88. The van der Waals surface area contributed by atoms with Gasteiger partial charge in [-0.15, -0.1) is 0 Å². The average molecular weight is 300 g/mol. The summed E-state index contributed by atoms with van der Waals surface area (Å²) in [4.78, 5) is 34.0. The minimum Gasteiger partial charge on any atom is -0.469 e. The third-order valence-electron chi connectivity index (χ3n) is 5.01. The predicted octanol–water partition coefficient (Wildman–Crippen LogP) is 2.86. The molecule has 2 saturated carbocycles. The fraction of sp³-hybridized carbons (Fsp3) is 0.933. The van der Waals surface area contributed by atoms with E-state index in [1.807, 2.05) is 0 Å². The molecule has 6 heteroatoms. The van der Waals surface area contributed by atoms with Gasteiger partial charge in [-0.05, 0) is 31.6 Å². The Morgan fingerprint density at radius 1 is 0.905 bits per heavy atom. The summed E-state index contributed by atoms with van der Waals surface area (Å²) in [6.45, 7) is 2.23. The number of carbonyl (C=O) groups excluding carboxylic acids is 1. The van der Waals surface area contributed by atoms with Gasteiger partial charge in [0.25, 0.3) is 0 Å². The van der Waals surface area contributed by atoms with Crippen molar-refractivity contribution in [3.05, 3.63) is 0 Å². The van der Waals surface area contributed by atoms with Crippen molar-refractivity contribution < 1.29 is 29.1 Å². The summed E-state index contributed by atoms with van der Waals surface area (Å²) in [5.41, 5.74) is 0. The predicted molar refractivity (Wildman–Crippen MR) is 71.4 cm³/mol. The van der Waals surface area contributed by atoms with Crippen molar-refractivity contribution >= 4 is 5.97 Å². The van der Waals surface area contributed by atoms with Crippen LogP contribution in [0.5, 0.6) is 0 Å². The van der Waals surface area contributed by atoms with Crippen molar-refractivity contribution in [1.29, 1.82) is 0 Å². The number of hydrogen-bond donors (Lipinski definition) is 0. The summed E-state index contributed by atoms with van der Waals surface area (Å²) in [7, 11) is 1.42. The molecule has 21 heavy (non-hydrogen) atoms. The third kappa shape index (κ3) is 3.08. The molecule has 1 aliphatic heterocycles. The number of esters is 1. The van der Waals surface area contributed by atoms with Gasteiger partial charge in [-0.3, -0.25) is 4.79 Å². The molecule has 0 aromatic carbocycles. The van der Waals surface area contributed by atoms with Crippen LogP contribution < -0.4 is 0 Å². The first-order chi connectivity index (χ1) is 10.1. The molecule has 0 aromatic heterocycles. The maximum atomic E-state index is 11.5. The van der Waals surface area contributed by atoms with Crippen LogP contribution >= 0.6 is 0 Å². The molecule has 6 nitrogen and oxygen atoms in total. The molecule has 2 spiro atoms. The second-order valence-corrected chi connectivity index (χ2v) is 6.63. The Bertz CT molecular complexity index is 368. The van der Waals surface area contributed by atoms with Crippen molar-refractivity contribution in [1.82, 2.24) is 0 Å². The highest BCUT2D eigenvalue weighted by atomic mass is 17.4. The van der Waals surface area contributed by atoms with E-state index in [4.69, 9.17) is 24.3 Å². The molecule has 3 rings (SSSR count).